The van der Waals surface area contributed by atoms with Crippen LogP contribution in [0.2, 0.25) is 0 Å². The van der Waals surface area contributed by atoms with E-state index in [1.165, 1.54) is 9.91 Å². The van der Waals surface area contributed by atoms with Crippen LogP contribution in [0.5, 0.6) is 5.75 Å². The Labute approximate surface area is 364 Å². The summed E-state index contributed by atoms with van der Waals surface area (Å²) in [5.74, 6) is -1.67. The van der Waals surface area contributed by atoms with Gasteiger partial charge in [-0.2, -0.15) is 0 Å². The van der Waals surface area contributed by atoms with Gasteiger partial charge in [0.2, 0.25) is 11.8 Å². The number of carbonyl (C=O) groups is 4. The molecule has 5 atom stereocenters. The van der Waals surface area contributed by atoms with Gasteiger partial charge >= 0.3 is 5.97 Å². The molecule has 3 aliphatic rings. The maximum Gasteiger partial charge on any atom is 0.324 e. The standard InChI is InChI=1S/C48H63N7O7/c1-9-54-40-13-12-31-23-35(40)36(43(54)37-25-49-16-15-32(37)26-61-8)24-48(5,6)27-62-47(60)38-11-10-18-55(52-38)45(58)39(21-30-19-33(31)22-34(56)20-30)51-44(57)42(28(2)3)53(7)46(59)41-29(4)14-17-50-41/h12-13,15-16,19-20,22-23,25,28-29,38-39,41-42,50,52,56H,9-11,14,17-18,21,24,26-27H2,1-8H3,(H,51,57)/t29-,38-,39-,41+,42?/m0/s1. The first-order valence-corrected chi connectivity index (χ1v) is 22.1. The number of nitrogens with zero attached hydrogens (tertiary/aromatic N) is 4. The van der Waals surface area contributed by atoms with E-state index in [0.29, 0.717) is 44.5 Å². The number of likely N-dealkylation sites (N-methyl/N-ethyl adjacent to an activating group) is 1. The van der Waals surface area contributed by atoms with Crippen LogP contribution in [0.3, 0.4) is 0 Å². The van der Waals surface area contributed by atoms with E-state index in [9.17, 15) is 24.3 Å². The number of hydrogen-bond acceptors (Lipinski definition) is 10. The van der Waals surface area contributed by atoms with Gasteiger partial charge in [-0.25, -0.2) is 5.43 Å². The molecular formula is C48H63N7O7. The molecule has 2 saturated heterocycles. The van der Waals surface area contributed by atoms with E-state index >= 15 is 0 Å². The highest BCUT2D eigenvalue weighted by atomic mass is 16.5. The monoisotopic (exact) mass is 849 g/mol. The number of amides is 3. The van der Waals surface area contributed by atoms with Gasteiger partial charge in [-0.3, -0.25) is 29.2 Å². The van der Waals surface area contributed by atoms with Crippen LogP contribution >= 0.6 is 0 Å². The topological polar surface area (TPSA) is 167 Å². The van der Waals surface area contributed by atoms with Crippen molar-refractivity contribution in [1.82, 2.24) is 35.5 Å². The molecule has 0 spiro atoms. The third-order valence-corrected chi connectivity index (χ3v) is 12.8. The number of aromatic hydroxyl groups is 1. The van der Waals surface area contributed by atoms with Crippen molar-refractivity contribution >= 4 is 34.6 Å². The normalized spacial score (nSPS) is 22.3. The van der Waals surface area contributed by atoms with Crippen LogP contribution in [0.4, 0.5) is 0 Å². The third-order valence-electron chi connectivity index (χ3n) is 12.8. The van der Waals surface area contributed by atoms with E-state index in [2.05, 4.69) is 58.5 Å². The van der Waals surface area contributed by atoms with Crippen LogP contribution in [0.25, 0.3) is 33.3 Å². The lowest BCUT2D eigenvalue weighted by Crippen LogP contribution is -2.62. The Morgan fingerprint density at radius 2 is 1.90 bits per heavy atom. The van der Waals surface area contributed by atoms with Crippen molar-refractivity contribution in [2.24, 2.45) is 17.3 Å². The van der Waals surface area contributed by atoms with Gasteiger partial charge < -0.3 is 34.7 Å². The van der Waals surface area contributed by atoms with Gasteiger partial charge in [0.1, 0.15) is 23.9 Å². The fourth-order valence-electron chi connectivity index (χ4n) is 9.64. The first-order valence-electron chi connectivity index (χ1n) is 22.1. The molecule has 2 fully saturated rings. The Morgan fingerprint density at radius 1 is 1.11 bits per heavy atom. The summed E-state index contributed by atoms with van der Waals surface area (Å²) in [6, 6.07) is 10.4. The highest BCUT2D eigenvalue weighted by Crippen LogP contribution is 2.41. The molecule has 7 rings (SSSR count). The molecule has 14 heteroatoms. The van der Waals surface area contributed by atoms with Crippen LogP contribution in [-0.4, -0.2) is 106 Å². The summed E-state index contributed by atoms with van der Waals surface area (Å²) in [5, 5.41) is 20.0. The third kappa shape index (κ3) is 9.23. The molecule has 3 aliphatic heterocycles. The van der Waals surface area contributed by atoms with Crippen molar-refractivity contribution in [3.63, 3.8) is 0 Å². The van der Waals surface area contributed by atoms with E-state index in [4.69, 9.17) is 9.47 Å². The highest BCUT2D eigenvalue weighted by molar-refractivity contribution is 5.96. The zero-order chi connectivity index (χ0) is 44.5. The number of carbonyl (C=O) groups excluding carboxylic acids is 4. The second kappa shape index (κ2) is 18.6. The van der Waals surface area contributed by atoms with Crippen LogP contribution in [0, 0.1) is 17.3 Å². The number of ether oxygens (including phenoxy) is 2. The molecule has 2 aromatic carbocycles. The number of cyclic esters (lactones) is 1. The van der Waals surface area contributed by atoms with Crippen molar-refractivity contribution in [3.05, 3.63) is 71.5 Å². The van der Waals surface area contributed by atoms with Crippen molar-refractivity contribution in [3.8, 4) is 28.1 Å². The van der Waals surface area contributed by atoms with Crippen molar-refractivity contribution in [2.75, 3.05) is 33.9 Å². The van der Waals surface area contributed by atoms with Gasteiger partial charge in [-0.15, -0.1) is 0 Å². The molecule has 0 aliphatic carbocycles. The number of aryl methyl sites for hydroxylation is 1. The smallest absolute Gasteiger partial charge is 0.324 e. The summed E-state index contributed by atoms with van der Waals surface area (Å²) < 4.78 is 14.0. The summed E-state index contributed by atoms with van der Waals surface area (Å²) >= 11 is 0. The molecule has 5 heterocycles. The SMILES string of the molecule is CCn1c(-c2cnccc2COC)c2c3cc(ccc31)-c1cc(O)cc(c1)C[C@H](NC(=O)C(C(C)C)N(C)C(=O)[C@@H]1NCC[C@@H]1C)C(=O)N1CCC[C@H](N1)C(=O)OCC(C)(C)C2. The van der Waals surface area contributed by atoms with E-state index in [-0.39, 0.29) is 36.5 Å². The number of methoxy groups -OCH3 is 1. The zero-order valence-electron chi connectivity index (χ0n) is 37.4. The predicted molar refractivity (Wildman–Crippen MR) is 238 cm³/mol. The Bertz CT molecular complexity index is 2320. The minimum Gasteiger partial charge on any atom is -0.508 e. The van der Waals surface area contributed by atoms with Gasteiger partial charge in [-0.05, 0) is 109 Å². The van der Waals surface area contributed by atoms with Gasteiger partial charge in [0.15, 0.2) is 0 Å². The number of aromatic nitrogens is 2. The number of pyridine rings is 1. The number of nitrogens with one attached hydrogen (secondary N) is 3. The molecule has 2 aromatic heterocycles. The first-order chi connectivity index (χ1) is 29.6. The van der Waals surface area contributed by atoms with Crippen LogP contribution in [-0.2, 0) is 54.6 Å². The van der Waals surface area contributed by atoms with E-state index < -0.39 is 47.4 Å². The number of fused-ring (bicyclic) bond motifs is 6. The molecule has 3 amide bonds. The van der Waals surface area contributed by atoms with Crippen molar-refractivity contribution < 1.29 is 33.8 Å². The molecule has 332 valence electrons. The number of phenols is 1. The minimum absolute atomic E-state index is 0.0137. The quantitative estimate of drug-likeness (QED) is 0.161. The zero-order valence-corrected chi connectivity index (χ0v) is 37.4. The van der Waals surface area contributed by atoms with E-state index in [1.807, 2.05) is 45.2 Å². The minimum atomic E-state index is -1.11. The van der Waals surface area contributed by atoms with Gasteiger partial charge in [0.25, 0.3) is 5.91 Å². The largest absolute Gasteiger partial charge is 0.508 e. The maximum atomic E-state index is 14.6. The Kier molecular flexibility index (Phi) is 13.4. The van der Waals surface area contributed by atoms with E-state index in [0.717, 1.165) is 57.4 Å². The maximum absolute atomic E-state index is 14.6. The molecule has 1 unspecified atom stereocenters. The molecule has 4 aromatic rings. The molecule has 62 heavy (non-hydrogen) atoms. The number of rotatable bonds is 9. The van der Waals surface area contributed by atoms with Gasteiger partial charge in [0, 0.05) is 67.9 Å². The Balaban J connectivity index is 1.33. The van der Waals surface area contributed by atoms with Gasteiger partial charge in [0.05, 0.1) is 24.9 Å². The number of benzene rings is 2. The molecule has 4 N–H and O–H groups in total. The molecule has 14 nitrogen and oxygen atoms in total. The van der Waals surface area contributed by atoms with Crippen LogP contribution < -0.4 is 16.1 Å². The molecule has 0 saturated carbocycles. The van der Waals surface area contributed by atoms with E-state index in [1.54, 1.807) is 32.5 Å². The molecular weight excluding hydrogens is 787 g/mol. The number of phenolic OH excluding ortho intramolecular Hbond substituents is 1. The van der Waals surface area contributed by atoms with Crippen molar-refractivity contribution in [2.45, 2.75) is 111 Å². The summed E-state index contributed by atoms with van der Waals surface area (Å²) in [7, 11) is 3.32. The number of esters is 1. The molecule has 0 radical (unpaired) electrons. The average Bonchev–Trinajstić information content (AvgIpc) is 3.81. The fourth-order valence-corrected chi connectivity index (χ4v) is 9.64. The first kappa shape index (κ1) is 44.7. The average molecular weight is 850 g/mol. The van der Waals surface area contributed by atoms with Crippen LogP contribution in [0.1, 0.15) is 77.5 Å². The fraction of sp³-hybridized carbons (Fsp3) is 0.521. The summed E-state index contributed by atoms with van der Waals surface area (Å²) in [6.45, 7) is 14.3. The Hall–Kier alpha value is -5.31. The summed E-state index contributed by atoms with van der Waals surface area (Å²) in [5.41, 5.74) is 9.92. The lowest BCUT2D eigenvalue weighted by atomic mass is 9.84. The Morgan fingerprint density at radius 3 is 2.61 bits per heavy atom. The number of hydrogen-bond donors (Lipinski definition) is 4. The second-order valence-corrected chi connectivity index (χ2v) is 18.5. The second-order valence-electron chi connectivity index (χ2n) is 18.5. The van der Waals surface area contributed by atoms with Crippen molar-refractivity contribution in [1.29, 1.82) is 0 Å². The van der Waals surface area contributed by atoms with Gasteiger partial charge in [-0.1, -0.05) is 46.8 Å². The molecule has 6 bridgehead atoms. The summed E-state index contributed by atoms with van der Waals surface area (Å²) in [4.78, 5) is 62.7. The lowest BCUT2D eigenvalue weighted by Gasteiger charge is -2.37. The summed E-state index contributed by atoms with van der Waals surface area (Å²) in [6.07, 6.45) is 6.11. The highest BCUT2D eigenvalue weighted by Gasteiger charge is 2.40. The lowest BCUT2D eigenvalue weighted by molar-refractivity contribution is -0.155. The number of hydrazine groups is 1. The van der Waals surface area contributed by atoms with Crippen LogP contribution in [0.15, 0.2) is 54.9 Å². The predicted octanol–water partition coefficient (Wildman–Crippen LogP) is 5.37.